The molecule has 1 aromatic rings. The van der Waals surface area contributed by atoms with Crippen LogP contribution >= 0.6 is 15.9 Å². The molecule has 0 fully saturated rings. The SMILES string of the molecule is CCCCCN(CCCCC)C[C@H](C)NC(=O)c1nn(C)c(C)c1Br. The van der Waals surface area contributed by atoms with Gasteiger partial charge >= 0.3 is 0 Å². The van der Waals surface area contributed by atoms with Crippen molar-refractivity contribution in [2.45, 2.75) is 72.3 Å². The fourth-order valence-electron chi connectivity index (χ4n) is 2.92. The highest BCUT2D eigenvalue weighted by Crippen LogP contribution is 2.20. The number of nitrogens with one attached hydrogen (secondary N) is 1. The van der Waals surface area contributed by atoms with Crippen LogP contribution in [0.1, 0.15) is 75.5 Å². The molecule has 1 rings (SSSR count). The number of hydrogen-bond acceptors (Lipinski definition) is 3. The summed E-state index contributed by atoms with van der Waals surface area (Å²) in [5.41, 5.74) is 1.42. The molecule has 1 aromatic heterocycles. The second-order valence-corrected chi connectivity index (χ2v) is 7.75. The van der Waals surface area contributed by atoms with Crippen LogP contribution in [0.4, 0.5) is 0 Å². The largest absolute Gasteiger partial charge is 0.347 e. The van der Waals surface area contributed by atoms with Crippen molar-refractivity contribution in [1.82, 2.24) is 20.0 Å². The van der Waals surface area contributed by atoms with Gasteiger partial charge in [-0.1, -0.05) is 39.5 Å². The average Bonchev–Trinajstić information content (AvgIpc) is 2.82. The van der Waals surface area contributed by atoms with Crippen molar-refractivity contribution < 1.29 is 4.79 Å². The Bertz CT molecular complexity index is 520. The molecule has 0 aliphatic rings. The number of halogens is 1. The number of carbonyl (C=O) groups is 1. The quantitative estimate of drug-likeness (QED) is 0.518. The van der Waals surface area contributed by atoms with Crippen molar-refractivity contribution in [3.05, 3.63) is 15.9 Å². The van der Waals surface area contributed by atoms with Crippen LogP contribution in [0.2, 0.25) is 0 Å². The molecule has 0 bridgehead atoms. The van der Waals surface area contributed by atoms with Gasteiger partial charge in [0.05, 0.1) is 10.2 Å². The van der Waals surface area contributed by atoms with E-state index in [4.69, 9.17) is 0 Å². The van der Waals surface area contributed by atoms with E-state index in [-0.39, 0.29) is 11.9 Å². The second kappa shape index (κ2) is 11.7. The molecule has 0 aliphatic carbocycles. The third kappa shape index (κ3) is 7.48. The number of aryl methyl sites for hydroxylation is 1. The Morgan fingerprint density at radius 3 is 2.20 bits per heavy atom. The van der Waals surface area contributed by atoms with E-state index >= 15 is 0 Å². The van der Waals surface area contributed by atoms with Crippen LogP contribution in [0.15, 0.2) is 4.47 Å². The van der Waals surface area contributed by atoms with Crippen LogP contribution in [-0.4, -0.2) is 46.3 Å². The maximum Gasteiger partial charge on any atom is 0.273 e. The van der Waals surface area contributed by atoms with Gasteiger partial charge in [-0.2, -0.15) is 5.10 Å². The number of rotatable bonds is 12. The van der Waals surface area contributed by atoms with Gasteiger partial charge in [-0.05, 0) is 55.7 Å². The van der Waals surface area contributed by atoms with Crippen LogP contribution in [0.3, 0.4) is 0 Å². The third-order valence-corrected chi connectivity index (χ3v) is 5.49. The normalized spacial score (nSPS) is 12.6. The van der Waals surface area contributed by atoms with E-state index in [1.165, 1.54) is 38.5 Å². The van der Waals surface area contributed by atoms with E-state index in [0.29, 0.717) is 5.69 Å². The fraction of sp³-hybridized carbons (Fsp3) is 0.789. The van der Waals surface area contributed by atoms with Crippen LogP contribution < -0.4 is 5.32 Å². The first-order valence-corrected chi connectivity index (χ1v) is 10.4. The van der Waals surface area contributed by atoms with E-state index in [9.17, 15) is 4.79 Å². The van der Waals surface area contributed by atoms with Crippen LogP contribution in [0.25, 0.3) is 0 Å². The minimum atomic E-state index is -0.106. The van der Waals surface area contributed by atoms with Gasteiger partial charge in [0.25, 0.3) is 5.91 Å². The Hall–Kier alpha value is -0.880. The number of unbranched alkanes of at least 4 members (excludes halogenated alkanes) is 4. The second-order valence-electron chi connectivity index (χ2n) is 6.96. The first-order chi connectivity index (χ1) is 11.9. The summed E-state index contributed by atoms with van der Waals surface area (Å²) >= 11 is 3.47. The molecule has 0 unspecified atom stereocenters. The molecule has 1 amide bonds. The van der Waals surface area contributed by atoms with Gasteiger partial charge in [0.1, 0.15) is 0 Å². The van der Waals surface area contributed by atoms with E-state index in [0.717, 1.165) is 29.8 Å². The molecule has 6 heteroatoms. The van der Waals surface area contributed by atoms with Gasteiger partial charge in [0, 0.05) is 19.6 Å². The number of hydrogen-bond donors (Lipinski definition) is 1. The predicted octanol–water partition coefficient (Wildman–Crippen LogP) is 4.29. The van der Waals surface area contributed by atoms with Gasteiger partial charge < -0.3 is 10.2 Å². The van der Waals surface area contributed by atoms with Crippen molar-refractivity contribution >= 4 is 21.8 Å². The smallest absolute Gasteiger partial charge is 0.273 e. The number of carbonyl (C=O) groups excluding carboxylic acids is 1. The molecule has 1 heterocycles. The summed E-state index contributed by atoms with van der Waals surface area (Å²) in [6.07, 6.45) is 7.48. The predicted molar refractivity (Wildman–Crippen MR) is 108 cm³/mol. The summed E-state index contributed by atoms with van der Waals surface area (Å²) in [5, 5.41) is 7.41. The Kier molecular flexibility index (Phi) is 10.4. The van der Waals surface area contributed by atoms with E-state index in [1.807, 2.05) is 14.0 Å². The number of amides is 1. The molecule has 25 heavy (non-hydrogen) atoms. The molecule has 144 valence electrons. The average molecular weight is 415 g/mol. The van der Waals surface area contributed by atoms with Crippen molar-refractivity contribution in [3.8, 4) is 0 Å². The van der Waals surface area contributed by atoms with Gasteiger partial charge in [-0.25, -0.2) is 0 Å². The molecule has 0 saturated carbocycles. The van der Waals surface area contributed by atoms with E-state index in [1.54, 1.807) is 4.68 Å². The first kappa shape index (κ1) is 22.2. The summed E-state index contributed by atoms with van der Waals surface area (Å²) in [5.74, 6) is -0.106. The van der Waals surface area contributed by atoms with Crippen molar-refractivity contribution in [3.63, 3.8) is 0 Å². The minimum absolute atomic E-state index is 0.102. The molecular weight excluding hydrogens is 380 g/mol. The van der Waals surface area contributed by atoms with Crippen LogP contribution in [0, 0.1) is 6.92 Å². The molecular formula is C19H35BrN4O. The number of nitrogens with zero attached hydrogens (tertiary/aromatic N) is 3. The minimum Gasteiger partial charge on any atom is -0.347 e. The Labute approximate surface area is 161 Å². The van der Waals surface area contributed by atoms with Gasteiger partial charge in [0.15, 0.2) is 5.69 Å². The zero-order chi connectivity index (χ0) is 18.8. The summed E-state index contributed by atoms with van der Waals surface area (Å²) in [6, 6.07) is 0.102. The Morgan fingerprint density at radius 2 is 1.76 bits per heavy atom. The standard InChI is InChI=1S/C19H35BrN4O/c1-6-8-10-12-24(13-11-9-7-2)14-15(3)21-19(25)18-17(20)16(4)23(5)22-18/h15H,6-14H2,1-5H3,(H,21,25)/t15-/m0/s1. The lowest BCUT2D eigenvalue weighted by Gasteiger charge is -2.26. The van der Waals surface area contributed by atoms with Crippen LogP contribution in [0.5, 0.6) is 0 Å². The van der Waals surface area contributed by atoms with Crippen LogP contribution in [-0.2, 0) is 7.05 Å². The maximum absolute atomic E-state index is 12.5. The Morgan fingerprint density at radius 1 is 1.20 bits per heavy atom. The van der Waals surface area contributed by atoms with E-state index in [2.05, 4.69) is 52.0 Å². The third-order valence-electron chi connectivity index (χ3n) is 4.54. The lowest BCUT2D eigenvalue weighted by atomic mass is 10.2. The summed E-state index contributed by atoms with van der Waals surface area (Å²) < 4.78 is 2.51. The van der Waals surface area contributed by atoms with E-state index < -0.39 is 0 Å². The first-order valence-electron chi connectivity index (χ1n) is 9.62. The molecule has 0 radical (unpaired) electrons. The summed E-state index contributed by atoms with van der Waals surface area (Å²) in [4.78, 5) is 15.0. The maximum atomic E-state index is 12.5. The van der Waals surface area contributed by atoms with Crippen molar-refractivity contribution in [2.24, 2.45) is 7.05 Å². The molecule has 0 aliphatic heterocycles. The monoisotopic (exact) mass is 414 g/mol. The lowest BCUT2D eigenvalue weighted by Crippen LogP contribution is -2.43. The number of aromatic nitrogens is 2. The molecule has 1 atom stereocenters. The van der Waals surface area contributed by atoms with Crippen molar-refractivity contribution in [2.75, 3.05) is 19.6 Å². The zero-order valence-corrected chi connectivity index (χ0v) is 18.2. The molecule has 0 saturated heterocycles. The van der Waals surface area contributed by atoms with Gasteiger partial charge in [0.2, 0.25) is 0 Å². The van der Waals surface area contributed by atoms with Crippen molar-refractivity contribution in [1.29, 1.82) is 0 Å². The van der Waals surface area contributed by atoms with Gasteiger partial charge in [-0.15, -0.1) is 0 Å². The van der Waals surface area contributed by atoms with Gasteiger partial charge in [-0.3, -0.25) is 9.48 Å². The molecule has 5 nitrogen and oxygen atoms in total. The molecule has 0 spiro atoms. The summed E-state index contributed by atoms with van der Waals surface area (Å²) in [7, 11) is 1.85. The molecule has 1 N–H and O–H groups in total. The highest BCUT2D eigenvalue weighted by atomic mass is 79.9. The lowest BCUT2D eigenvalue weighted by molar-refractivity contribution is 0.0922. The topological polar surface area (TPSA) is 50.2 Å². The highest BCUT2D eigenvalue weighted by Gasteiger charge is 2.20. The highest BCUT2D eigenvalue weighted by molar-refractivity contribution is 9.10. The zero-order valence-electron chi connectivity index (χ0n) is 16.6. The fourth-order valence-corrected chi connectivity index (χ4v) is 3.43. The summed E-state index contributed by atoms with van der Waals surface area (Å²) in [6.45, 7) is 11.6. The molecule has 0 aromatic carbocycles. The Balaban J connectivity index is 2.57.